The van der Waals surface area contributed by atoms with Gasteiger partial charge in [-0.1, -0.05) is 13.3 Å². The smallest absolute Gasteiger partial charge is 0.335 e. The van der Waals surface area contributed by atoms with Crippen LogP contribution in [-0.4, -0.2) is 24.3 Å². The molecule has 2 atom stereocenters. The van der Waals surface area contributed by atoms with Crippen molar-refractivity contribution in [3.8, 4) is 0 Å². The van der Waals surface area contributed by atoms with Crippen molar-refractivity contribution in [3.05, 3.63) is 0 Å². The molecule has 0 unspecified atom stereocenters. The average molecular weight is 306 g/mol. The van der Waals surface area contributed by atoms with Crippen molar-refractivity contribution in [2.24, 2.45) is 11.8 Å². The molecule has 3 nitrogen and oxygen atoms in total. The molecule has 2 fully saturated rings. The van der Waals surface area contributed by atoms with Crippen LogP contribution in [0, 0.1) is 11.8 Å². The van der Waals surface area contributed by atoms with Crippen molar-refractivity contribution in [2.75, 3.05) is 0 Å². The van der Waals surface area contributed by atoms with Crippen LogP contribution in [0.2, 0.25) is 0 Å². The molecule has 0 aromatic rings. The molecule has 2 saturated carbocycles. The normalized spacial score (nSPS) is 34.3. The van der Waals surface area contributed by atoms with Crippen LogP contribution in [-0.2, 0) is 0 Å². The van der Waals surface area contributed by atoms with Crippen molar-refractivity contribution < 1.29 is 18.0 Å². The number of hydrogen-bond donors (Lipinski definition) is 2. The van der Waals surface area contributed by atoms with E-state index < -0.39 is 12.1 Å². The summed E-state index contributed by atoms with van der Waals surface area (Å²) in [7, 11) is 0. The zero-order valence-electron chi connectivity index (χ0n) is 12.5. The number of alkyl halides is 3. The number of amides is 2. The Balaban J connectivity index is 1.74. The Labute approximate surface area is 124 Å². The van der Waals surface area contributed by atoms with Crippen LogP contribution in [0.4, 0.5) is 18.0 Å². The summed E-state index contributed by atoms with van der Waals surface area (Å²) in [6.45, 7) is 2.20. The lowest BCUT2D eigenvalue weighted by Gasteiger charge is -2.32. The number of nitrogens with one attached hydrogen (secondary N) is 2. The molecule has 2 amide bonds. The fourth-order valence-corrected chi connectivity index (χ4v) is 3.44. The van der Waals surface area contributed by atoms with E-state index in [1.807, 2.05) is 0 Å². The molecule has 122 valence electrons. The highest BCUT2D eigenvalue weighted by atomic mass is 19.4. The second-order valence-electron chi connectivity index (χ2n) is 6.68. The molecule has 0 bridgehead atoms. The van der Waals surface area contributed by atoms with Crippen LogP contribution in [0.25, 0.3) is 0 Å². The largest absolute Gasteiger partial charge is 0.391 e. The minimum Gasteiger partial charge on any atom is -0.335 e. The first-order valence-corrected chi connectivity index (χ1v) is 7.98. The molecule has 21 heavy (non-hydrogen) atoms. The Hall–Kier alpha value is -0.940. The van der Waals surface area contributed by atoms with E-state index in [-0.39, 0.29) is 31.0 Å². The Morgan fingerprint density at radius 3 is 2.19 bits per heavy atom. The predicted octanol–water partition coefficient (Wildman–Crippen LogP) is 3.99. The van der Waals surface area contributed by atoms with Gasteiger partial charge in [-0.25, -0.2) is 4.79 Å². The van der Waals surface area contributed by atoms with Crippen molar-refractivity contribution in [1.29, 1.82) is 0 Å². The number of rotatable bonds is 2. The van der Waals surface area contributed by atoms with Crippen molar-refractivity contribution in [2.45, 2.75) is 76.6 Å². The van der Waals surface area contributed by atoms with Gasteiger partial charge in [-0.15, -0.1) is 0 Å². The van der Waals surface area contributed by atoms with Crippen LogP contribution in [0.5, 0.6) is 0 Å². The van der Waals surface area contributed by atoms with Gasteiger partial charge in [0.25, 0.3) is 0 Å². The van der Waals surface area contributed by atoms with Gasteiger partial charge in [-0.2, -0.15) is 13.2 Å². The molecule has 2 aliphatic rings. The lowest BCUT2D eigenvalue weighted by molar-refractivity contribution is -0.183. The summed E-state index contributed by atoms with van der Waals surface area (Å²) >= 11 is 0. The first kappa shape index (κ1) is 16.4. The zero-order valence-corrected chi connectivity index (χ0v) is 12.5. The van der Waals surface area contributed by atoms with E-state index >= 15 is 0 Å². The van der Waals surface area contributed by atoms with E-state index in [4.69, 9.17) is 0 Å². The molecular weight excluding hydrogens is 281 g/mol. The molecule has 2 rings (SSSR count). The molecule has 0 spiro atoms. The Morgan fingerprint density at radius 1 is 0.952 bits per heavy atom. The van der Waals surface area contributed by atoms with Crippen LogP contribution in [0.3, 0.4) is 0 Å². The summed E-state index contributed by atoms with van der Waals surface area (Å²) in [6.07, 6.45) is 1.35. The minimum atomic E-state index is -4.14. The molecule has 0 saturated heterocycles. The average Bonchev–Trinajstić information content (AvgIpc) is 2.41. The van der Waals surface area contributed by atoms with Gasteiger partial charge in [0.1, 0.15) is 0 Å². The van der Waals surface area contributed by atoms with Crippen LogP contribution in [0.1, 0.15) is 58.3 Å². The molecule has 6 heteroatoms. The predicted molar refractivity (Wildman–Crippen MR) is 74.9 cm³/mol. The maximum Gasteiger partial charge on any atom is 0.391 e. The highest BCUT2D eigenvalue weighted by molar-refractivity contribution is 5.74. The van der Waals surface area contributed by atoms with Gasteiger partial charge < -0.3 is 10.6 Å². The molecule has 0 heterocycles. The maximum absolute atomic E-state index is 12.7. The number of hydrogen-bond acceptors (Lipinski definition) is 1. The summed E-state index contributed by atoms with van der Waals surface area (Å²) in [5.41, 5.74) is 0. The van der Waals surface area contributed by atoms with Gasteiger partial charge in [0, 0.05) is 12.1 Å². The molecule has 0 radical (unpaired) electrons. The minimum absolute atomic E-state index is 0.0125. The lowest BCUT2D eigenvalue weighted by atomic mass is 9.85. The van der Waals surface area contributed by atoms with Gasteiger partial charge in [0.2, 0.25) is 0 Å². The summed E-state index contributed by atoms with van der Waals surface area (Å²) in [5, 5.41) is 5.64. The first-order valence-electron chi connectivity index (χ1n) is 7.98. The zero-order chi connectivity index (χ0) is 15.5. The van der Waals surface area contributed by atoms with E-state index in [1.165, 1.54) is 0 Å². The lowest BCUT2D eigenvalue weighted by Crippen LogP contribution is -2.49. The van der Waals surface area contributed by atoms with Crippen molar-refractivity contribution >= 4 is 6.03 Å². The summed E-state index contributed by atoms with van der Waals surface area (Å²) < 4.78 is 38.2. The van der Waals surface area contributed by atoms with E-state index in [2.05, 4.69) is 17.6 Å². The van der Waals surface area contributed by atoms with Crippen molar-refractivity contribution in [1.82, 2.24) is 10.6 Å². The summed E-state index contributed by atoms with van der Waals surface area (Å²) in [6, 6.07) is -0.488. The SMILES string of the molecule is CC1CCC(NC(=O)N[C@@H]2CCC[C@@H](C(F)(F)F)C2)CC1. The fraction of sp³-hybridized carbons (Fsp3) is 0.933. The molecular formula is C15H25F3N2O. The molecule has 0 aromatic heterocycles. The topological polar surface area (TPSA) is 41.1 Å². The first-order chi connectivity index (χ1) is 9.84. The number of carbonyl (C=O) groups is 1. The summed E-state index contributed by atoms with van der Waals surface area (Å²) in [4.78, 5) is 11.9. The van der Waals surface area contributed by atoms with Gasteiger partial charge in [-0.05, 0) is 50.9 Å². The summed E-state index contributed by atoms with van der Waals surface area (Å²) in [5.74, 6) is -0.566. The van der Waals surface area contributed by atoms with Gasteiger partial charge in [-0.3, -0.25) is 0 Å². The second kappa shape index (κ2) is 6.88. The van der Waals surface area contributed by atoms with E-state index in [0.717, 1.165) is 25.7 Å². The van der Waals surface area contributed by atoms with Crippen LogP contribution in [0.15, 0.2) is 0 Å². The number of carbonyl (C=O) groups excluding carboxylic acids is 1. The number of halogens is 3. The third kappa shape index (κ3) is 5.08. The van der Waals surface area contributed by atoms with E-state index in [9.17, 15) is 18.0 Å². The molecule has 2 aliphatic carbocycles. The third-order valence-corrected chi connectivity index (χ3v) is 4.82. The Bertz CT molecular complexity index is 351. The van der Waals surface area contributed by atoms with E-state index in [1.54, 1.807) is 0 Å². The highest BCUT2D eigenvalue weighted by Crippen LogP contribution is 2.37. The van der Waals surface area contributed by atoms with E-state index in [0.29, 0.717) is 18.8 Å². The Morgan fingerprint density at radius 2 is 1.57 bits per heavy atom. The Kier molecular flexibility index (Phi) is 5.38. The van der Waals surface area contributed by atoms with Gasteiger partial charge >= 0.3 is 12.2 Å². The molecule has 0 aromatic carbocycles. The highest BCUT2D eigenvalue weighted by Gasteiger charge is 2.42. The molecule has 2 N–H and O–H groups in total. The third-order valence-electron chi connectivity index (χ3n) is 4.82. The monoisotopic (exact) mass is 306 g/mol. The standard InChI is InChI=1S/C15H25F3N2O/c1-10-5-7-12(8-6-10)19-14(21)20-13-4-2-3-11(9-13)15(16,17)18/h10-13H,2-9H2,1H3,(H2,19,20,21)/t10?,11-,12?,13-/m1/s1. The van der Waals surface area contributed by atoms with Gasteiger partial charge in [0.05, 0.1) is 5.92 Å². The van der Waals surface area contributed by atoms with Crippen LogP contribution < -0.4 is 10.6 Å². The van der Waals surface area contributed by atoms with Gasteiger partial charge in [0.15, 0.2) is 0 Å². The van der Waals surface area contributed by atoms with Crippen molar-refractivity contribution in [3.63, 3.8) is 0 Å². The number of urea groups is 1. The fourth-order valence-electron chi connectivity index (χ4n) is 3.44. The second-order valence-corrected chi connectivity index (χ2v) is 6.68. The molecule has 0 aliphatic heterocycles. The quantitative estimate of drug-likeness (QED) is 0.796. The van der Waals surface area contributed by atoms with Crippen LogP contribution >= 0.6 is 0 Å². The maximum atomic E-state index is 12.7.